The third-order valence-corrected chi connectivity index (χ3v) is 4.78. The summed E-state index contributed by atoms with van der Waals surface area (Å²) >= 11 is 0. The van der Waals surface area contributed by atoms with Crippen molar-refractivity contribution in [3.05, 3.63) is 94.3 Å². The molecule has 5 aromatic rings. The Morgan fingerprint density at radius 1 is 1.00 bits per heavy atom. The van der Waals surface area contributed by atoms with Crippen LogP contribution in [0.2, 0.25) is 0 Å². The summed E-state index contributed by atoms with van der Waals surface area (Å²) in [7, 11) is 0. The number of aromatic nitrogens is 2. The Labute approximate surface area is 173 Å². The molecule has 5 rings (SSSR count). The number of amides is 1. The molecule has 2 heterocycles. The smallest absolute Gasteiger partial charge is 0.291 e. The molecule has 8 heteroatoms. The van der Waals surface area contributed by atoms with E-state index in [4.69, 9.17) is 4.42 Å². The molecule has 31 heavy (non-hydrogen) atoms. The van der Waals surface area contributed by atoms with E-state index in [1.807, 2.05) is 0 Å². The van der Waals surface area contributed by atoms with Crippen LogP contribution >= 0.6 is 0 Å². The molecule has 0 aliphatic carbocycles. The van der Waals surface area contributed by atoms with Gasteiger partial charge in [0, 0.05) is 11.8 Å². The maximum Gasteiger partial charge on any atom is 0.291 e. The molecule has 0 aliphatic heterocycles. The van der Waals surface area contributed by atoms with Crippen LogP contribution in [-0.2, 0) is 0 Å². The minimum Gasteiger partial charge on any atom is -0.451 e. The molecule has 6 nitrogen and oxygen atoms in total. The maximum atomic E-state index is 14.0. The van der Waals surface area contributed by atoms with Crippen molar-refractivity contribution in [3.8, 4) is 11.4 Å². The average Bonchev–Trinajstić information content (AvgIpc) is 3.18. The van der Waals surface area contributed by atoms with Crippen LogP contribution in [0.15, 0.2) is 75.9 Å². The molecule has 0 unspecified atom stereocenters. The van der Waals surface area contributed by atoms with Crippen molar-refractivity contribution < 1.29 is 18.0 Å². The second kappa shape index (κ2) is 7.17. The number of hydrogen-bond acceptors (Lipinski definition) is 4. The normalized spacial score (nSPS) is 11.2. The second-order valence-corrected chi connectivity index (χ2v) is 6.87. The van der Waals surface area contributed by atoms with E-state index in [0.29, 0.717) is 27.7 Å². The van der Waals surface area contributed by atoms with Gasteiger partial charge in [-0.1, -0.05) is 12.1 Å². The molecular formula is C23H13F2N3O3. The number of para-hydroxylation sites is 1. The van der Waals surface area contributed by atoms with Gasteiger partial charge in [0.05, 0.1) is 22.0 Å². The van der Waals surface area contributed by atoms with Gasteiger partial charge in [-0.05, 0) is 48.5 Å². The molecule has 1 amide bonds. The van der Waals surface area contributed by atoms with E-state index in [-0.39, 0.29) is 22.6 Å². The number of rotatable bonds is 3. The predicted molar refractivity (Wildman–Crippen MR) is 112 cm³/mol. The fraction of sp³-hybridized carbons (Fsp3) is 0. The molecule has 152 valence electrons. The standard InChI is InChI=1S/C23H13F2N3O3/c24-12-5-7-16(25)15(9-12)22-27-17-8-6-13(10-18(17)28-22)26-23(30)21-11-19(29)14-3-1-2-4-20(14)31-21/h1-11H,(H,26,30)(H,27,28). The minimum atomic E-state index is -0.611. The molecule has 0 saturated carbocycles. The van der Waals surface area contributed by atoms with E-state index in [9.17, 15) is 18.4 Å². The van der Waals surface area contributed by atoms with E-state index >= 15 is 0 Å². The largest absolute Gasteiger partial charge is 0.451 e. The number of H-pyrrole nitrogens is 1. The highest BCUT2D eigenvalue weighted by Gasteiger charge is 2.15. The number of benzene rings is 3. The van der Waals surface area contributed by atoms with E-state index in [1.165, 1.54) is 0 Å². The number of aromatic amines is 1. The van der Waals surface area contributed by atoms with Gasteiger partial charge >= 0.3 is 0 Å². The van der Waals surface area contributed by atoms with E-state index in [2.05, 4.69) is 15.3 Å². The van der Waals surface area contributed by atoms with Crippen LogP contribution in [0, 0.1) is 11.6 Å². The van der Waals surface area contributed by atoms with Crippen molar-refractivity contribution in [2.24, 2.45) is 0 Å². The molecule has 0 aliphatic rings. The van der Waals surface area contributed by atoms with Gasteiger partial charge in [0.25, 0.3) is 5.91 Å². The molecular weight excluding hydrogens is 404 g/mol. The summed E-state index contributed by atoms with van der Waals surface area (Å²) in [5, 5.41) is 3.04. The van der Waals surface area contributed by atoms with Gasteiger partial charge in [-0.2, -0.15) is 0 Å². The Morgan fingerprint density at radius 2 is 1.84 bits per heavy atom. The molecule has 2 aromatic heterocycles. The van der Waals surface area contributed by atoms with Crippen molar-refractivity contribution in [3.63, 3.8) is 0 Å². The summed E-state index contributed by atoms with van der Waals surface area (Å²) in [5.74, 6) is -1.76. The quantitative estimate of drug-likeness (QED) is 0.439. The van der Waals surface area contributed by atoms with E-state index < -0.39 is 17.5 Å². The van der Waals surface area contributed by atoms with Crippen LogP contribution in [0.1, 0.15) is 10.6 Å². The zero-order valence-corrected chi connectivity index (χ0v) is 15.8. The second-order valence-electron chi connectivity index (χ2n) is 6.87. The lowest BCUT2D eigenvalue weighted by Crippen LogP contribution is -2.14. The Kier molecular flexibility index (Phi) is 4.32. The third-order valence-electron chi connectivity index (χ3n) is 4.78. The Morgan fingerprint density at radius 3 is 2.71 bits per heavy atom. The Balaban J connectivity index is 1.46. The first-order chi connectivity index (χ1) is 15.0. The molecule has 0 spiro atoms. The molecule has 0 atom stereocenters. The minimum absolute atomic E-state index is 0.000255. The van der Waals surface area contributed by atoms with Crippen molar-refractivity contribution in [2.45, 2.75) is 0 Å². The number of carbonyl (C=O) groups excluding carboxylic acids is 1. The molecule has 0 saturated heterocycles. The lowest BCUT2D eigenvalue weighted by atomic mass is 10.2. The predicted octanol–water partition coefficient (Wildman–Crippen LogP) is 4.87. The van der Waals surface area contributed by atoms with Crippen LogP contribution in [0.5, 0.6) is 0 Å². The van der Waals surface area contributed by atoms with Crippen molar-refractivity contribution in [2.75, 3.05) is 5.32 Å². The van der Waals surface area contributed by atoms with Gasteiger partial charge in [0.2, 0.25) is 0 Å². The fourth-order valence-electron chi connectivity index (χ4n) is 3.30. The van der Waals surface area contributed by atoms with Gasteiger partial charge in [0.15, 0.2) is 11.2 Å². The maximum absolute atomic E-state index is 14.0. The summed E-state index contributed by atoms with van der Waals surface area (Å²) in [6.07, 6.45) is 0. The Bertz CT molecular complexity index is 1540. The van der Waals surface area contributed by atoms with E-state index in [0.717, 1.165) is 24.3 Å². The molecule has 0 fully saturated rings. The first-order valence-electron chi connectivity index (χ1n) is 9.27. The fourth-order valence-corrected chi connectivity index (χ4v) is 3.30. The first kappa shape index (κ1) is 18.7. The topological polar surface area (TPSA) is 88.0 Å². The number of fused-ring (bicyclic) bond motifs is 2. The van der Waals surface area contributed by atoms with Crippen LogP contribution < -0.4 is 10.7 Å². The average molecular weight is 417 g/mol. The summed E-state index contributed by atoms with van der Waals surface area (Å²) in [5.41, 5.74) is 1.41. The summed E-state index contributed by atoms with van der Waals surface area (Å²) in [6, 6.07) is 15.7. The number of carbonyl (C=O) groups is 1. The lowest BCUT2D eigenvalue weighted by Gasteiger charge is -2.05. The highest BCUT2D eigenvalue weighted by Crippen LogP contribution is 2.26. The monoisotopic (exact) mass is 417 g/mol. The molecule has 2 N–H and O–H groups in total. The lowest BCUT2D eigenvalue weighted by molar-refractivity contribution is 0.0997. The van der Waals surface area contributed by atoms with E-state index in [1.54, 1.807) is 42.5 Å². The van der Waals surface area contributed by atoms with Crippen molar-refractivity contribution in [1.82, 2.24) is 9.97 Å². The zero-order valence-electron chi connectivity index (χ0n) is 15.8. The number of halogens is 2. The number of imidazole rings is 1. The van der Waals surface area contributed by atoms with Gasteiger partial charge in [-0.15, -0.1) is 0 Å². The number of nitrogens with zero attached hydrogens (tertiary/aromatic N) is 1. The summed E-state index contributed by atoms with van der Waals surface area (Å²) < 4.78 is 33.1. The Hall–Kier alpha value is -4.33. The first-order valence-corrected chi connectivity index (χ1v) is 9.27. The number of nitrogens with one attached hydrogen (secondary N) is 2. The van der Waals surface area contributed by atoms with Crippen LogP contribution in [0.4, 0.5) is 14.5 Å². The van der Waals surface area contributed by atoms with Crippen LogP contribution in [0.25, 0.3) is 33.4 Å². The van der Waals surface area contributed by atoms with Crippen molar-refractivity contribution >= 4 is 33.6 Å². The molecule has 0 radical (unpaired) electrons. The van der Waals surface area contributed by atoms with Crippen LogP contribution in [-0.4, -0.2) is 15.9 Å². The van der Waals surface area contributed by atoms with Gasteiger partial charge in [0.1, 0.15) is 23.0 Å². The zero-order chi connectivity index (χ0) is 21.5. The SMILES string of the molecule is O=C(Nc1ccc2nc(-c3cc(F)ccc3F)[nH]c2c1)c1cc(=O)c2ccccc2o1. The molecule has 0 bridgehead atoms. The highest BCUT2D eigenvalue weighted by atomic mass is 19.1. The number of hydrogen-bond donors (Lipinski definition) is 2. The van der Waals surface area contributed by atoms with Gasteiger partial charge in [-0.3, -0.25) is 9.59 Å². The summed E-state index contributed by atoms with van der Waals surface area (Å²) in [6.45, 7) is 0. The number of anilines is 1. The third kappa shape index (κ3) is 3.44. The highest BCUT2D eigenvalue weighted by molar-refractivity contribution is 6.03. The molecule has 3 aromatic carbocycles. The summed E-state index contributed by atoms with van der Waals surface area (Å²) in [4.78, 5) is 32.0. The van der Waals surface area contributed by atoms with Gasteiger partial charge < -0.3 is 14.7 Å². The van der Waals surface area contributed by atoms with Gasteiger partial charge in [-0.25, -0.2) is 13.8 Å². The van der Waals surface area contributed by atoms with Crippen molar-refractivity contribution in [1.29, 1.82) is 0 Å². The van der Waals surface area contributed by atoms with Crippen LogP contribution in [0.3, 0.4) is 0 Å².